The molecular weight excluding hydrogens is 226 g/mol. The molecule has 1 aromatic heterocycles. The maximum absolute atomic E-state index is 5.37. The largest absolute Gasteiger partial charge is 0.354 e. The number of aromatic nitrogens is 1. The lowest BCUT2D eigenvalue weighted by molar-refractivity contribution is 0.303. The fourth-order valence-corrected chi connectivity index (χ4v) is 2.56. The summed E-state index contributed by atoms with van der Waals surface area (Å²) in [6.45, 7) is 4.33. The molecule has 0 radical (unpaired) electrons. The summed E-state index contributed by atoms with van der Waals surface area (Å²) >= 11 is 0. The van der Waals surface area contributed by atoms with E-state index in [2.05, 4.69) is 28.4 Å². The van der Waals surface area contributed by atoms with E-state index >= 15 is 0 Å². The van der Waals surface area contributed by atoms with Crippen LogP contribution in [0.5, 0.6) is 0 Å². The average molecular weight is 245 g/mol. The third-order valence-corrected chi connectivity index (χ3v) is 4.13. The lowest BCUT2D eigenvalue weighted by atomic mass is 9.90. The van der Waals surface area contributed by atoms with Crippen molar-refractivity contribution in [2.24, 2.45) is 0 Å². The van der Waals surface area contributed by atoms with E-state index in [-0.39, 0.29) is 5.54 Å². The van der Waals surface area contributed by atoms with Crippen LogP contribution in [0.15, 0.2) is 28.8 Å². The van der Waals surface area contributed by atoms with E-state index in [1.165, 1.54) is 0 Å². The first-order chi connectivity index (χ1) is 8.72. The minimum absolute atomic E-state index is 0.260. The lowest BCUT2D eigenvalue weighted by Gasteiger charge is -2.39. The number of hydrogen-bond donors (Lipinski definition) is 1. The molecule has 4 nitrogen and oxygen atoms in total. The fraction of sp³-hybridized carbons (Fsp3) is 0.500. The van der Waals surface area contributed by atoms with Crippen molar-refractivity contribution in [2.45, 2.75) is 25.3 Å². The molecule has 1 aliphatic rings. The van der Waals surface area contributed by atoms with Gasteiger partial charge >= 0.3 is 0 Å². The highest BCUT2D eigenvalue weighted by Gasteiger charge is 2.29. The molecule has 0 spiro atoms. The van der Waals surface area contributed by atoms with Crippen molar-refractivity contribution in [3.8, 4) is 0 Å². The van der Waals surface area contributed by atoms with Crippen molar-refractivity contribution in [1.29, 1.82) is 0 Å². The minimum atomic E-state index is 0.260. The Morgan fingerprint density at radius 3 is 2.72 bits per heavy atom. The highest BCUT2D eigenvalue weighted by Crippen LogP contribution is 2.30. The van der Waals surface area contributed by atoms with Gasteiger partial charge in [0.05, 0.1) is 5.39 Å². The Morgan fingerprint density at radius 2 is 2.00 bits per heavy atom. The molecule has 0 saturated carbocycles. The third kappa shape index (κ3) is 1.86. The van der Waals surface area contributed by atoms with Crippen molar-refractivity contribution in [1.82, 2.24) is 10.5 Å². The lowest BCUT2D eigenvalue weighted by Crippen LogP contribution is -2.50. The number of anilines is 1. The van der Waals surface area contributed by atoms with Gasteiger partial charge in [0.1, 0.15) is 0 Å². The molecule has 1 N–H and O–H groups in total. The summed E-state index contributed by atoms with van der Waals surface area (Å²) in [5, 5.41) is 8.75. The average Bonchev–Trinajstić information content (AvgIpc) is 2.84. The molecule has 2 aromatic rings. The summed E-state index contributed by atoms with van der Waals surface area (Å²) in [5.41, 5.74) is 1.13. The molecule has 1 aromatic carbocycles. The molecule has 0 amide bonds. The van der Waals surface area contributed by atoms with Crippen molar-refractivity contribution in [3.63, 3.8) is 0 Å². The second kappa shape index (κ2) is 4.28. The van der Waals surface area contributed by atoms with Gasteiger partial charge in [0, 0.05) is 18.6 Å². The summed E-state index contributed by atoms with van der Waals surface area (Å²) in [6.07, 6.45) is 2.26. The first kappa shape index (κ1) is 11.5. The molecule has 1 aliphatic heterocycles. The Hall–Kier alpha value is -1.55. The second-order valence-electron chi connectivity index (χ2n) is 5.30. The molecule has 96 valence electrons. The first-order valence-corrected chi connectivity index (χ1v) is 6.50. The maximum Gasteiger partial charge on any atom is 0.179 e. The van der Waals surface area contributed by atoms with Gasteiger partial charge < -0.3 is 14.7 Å². The van der Waals surface area contributed by atoms with Crippen LogP contribution in [0.2, 0.25) is 0 Å². The quantitative estimate of drug-likeness (QED) is 0.882. The van der Waals surface area contributed by atoms with Crippen LogP contribution in [0.3, 0.4) is 0 Å². The molecule has 2 heterocycles. The van der Waals surface area contributed by atoms with Gasteiger partial charge in [-0.25, -0.2) is 0 Å². The smallest absolute Gasteiger partial charge is 0.179 e. The van der Waals surface area contributed by atoms with E-state index in [0.29, 0.717) is 0 Å². The predicted octanol–water partition coefficient (Wildman–Crippen LogP) is 2.41. The highest BCUT2D eigenvalue weighted by molar-refractivity contribution is 5.88. The normalized spacial score (nSPS) is 19.3. The summed E-state index contributed by atoms with van der Waals surface area (Å²) in [5.74, 6) is 0.990. The molecule has 0 aliphatic carbocycles. The van der Waals surface area contributed by atoms with Gasteiger partial charge in [-0.15, -0.1) is 0 Å². The predicted molar refractivity (Wildman–Crippen MR) is 72.9 cm³/mol. The van der Waals surface area contributed by atoms with Crippen molar-refractivity contribution < 1.29 is 4.52 Å². The molecule has 4 heteroatoms. The molecule has 0 atom stereocenters. The molecule has 0 unspecified atom stereocenters. The van der Waals surface area contributed by atoms with E-state index in [1.54, 1.807) is 0 Å². The highest BCUT2D eigenvalue weighted by atomic mass is 16.5. The second-order valence-corrected chi connectivity index (χ2v) is 5.30. The third-order valence-electron chi connectivity index (χ3n) is 4.13. The zero-order valence-electron chi connectivity index (χ0n) is 10.9. The number of nitrogens with zero attached hydrogens (tertiary/aromatic N) is 2. The zero-order chi connectivity index (χ0) is 12.6. The summed E-state index contributed by atoms with van der Waals surface area (Å²) < 4.78 is 5.37. The van der Waals surface area contributed by atoms with E-state index < -0.39 is 0 Å². The van der Waals surface area contributed by atoms with Gasteiger partial charge in [-0.3, -0.25) is 0 Å². The zero-order valence-corrected chi connectivity index (χ0v) is 10.9. The first-order valence-electron chi connectivity index (χ1n) is 6.50. The van der Waals surface area contributed by atoms with Crippen LogP contribution in [0.25, 0.3) is 11.0 Å². The van der Waals surface area contributed by atoms with E-state index in [0.717, 1.165) is 42.7 Å². The summed E-state index contributed by atoms with van der Waals surface area (Å²) in [7, 11) is 2.04. The van der Waals surface area contributed by atoms with Crippen molar-refractivity contribution in [3.05, 3.63) is 24.3 Å². The molecule has 1 fully saturated rings. The van der Waals surface area contributed by atoms with Gasteiger partial charge in [-0.1, -0.05) is 17.3 Å². The minimum Gasteiger partial charge on any atom is -0.354 e. The standard InChI is InChI=1S/C14H19N3O/c1-14(15-2)7-9-17(10-8-14)13-11-5-3-4-6-12(11)18-16-13/h3-6,15H,7-10H2,1-2H3. The maximum atomic E-state index is 5.37. The van der Waals surface area contributed by atoms with Crippen LogP contribution in [-0.4, -0.2) is 30.8 Å². The fourth-order valence-electron chi connectivity index (χ4n) is 2.56. The van der Waals surface area contributed by atoms with E-state index in [1.807, 2.05) is 25.2 Å². The number of hydrogen-bond acceptors (Lipinski definition) is 4. The van der Waals surface area contributed by atoms with Gasteiger partial charge in [0.25, 0.3) is 0 Å². The van der Waals surface area contributed by atoms with Crippen LogP contribution >= 0.6 is 0 Å². The summed E-state index contributed by atoms with van der Waals surface area (Å²) in [4.78, 5) is 2.32. The monoisotopic (exact) mass is 245 g/mol. The van der Waals surface area contributed by atoms with Crippen molar-refractivity contribution >= 4 is 16.8 Å². The number of nitrogens with one attached hydrogen (secondary N) is 1. The molecule has 0 bridgehead atoms. The SMILES string of the molecule is CNC1(C)CCN(c2noc3ccccc23)CC1. The molecule has 18 heavy (non-hydrogen) atoms. The van der Waals surface area contributed by atoms with Crippen LogP contribution < -0.4 is 10.2 Å². The number of rotatable bonds is 2. The number of piperidine rings is 1. The topological polar surface area (TPSA) is 41.3 Å². The van der Waals surface area contributed by atoms with Gasteiger partial charge in [-0.05, 0) is 38.9 Å². The van der Waals surface area contributed by atoms with Gasteiger partial charge in [-0.2, -0.15) is 0 Å². The number of fused-ring (bicyclic) bond motifs is 1. The van der Waals surface area contributed by atoms with Crippen LogP contribution in [-0.2, 0) is 0 Å². The summed E-state index contributed by atoms with van der Waals surface area (Å²) in [6, 6.07) is 8.05. The van der Waals surface area contributed by atoms with E-state index in [9.17, 15) is 0 Å². The van der Waals surface area contributed by atoms with Crippen LogP contribution in [0, 0.1) is 0 Å². The Bertz CT molecular complexity index is 541. The molecule has 3 rings (SSSR count). The van der Waals surface area contributed by atoms with Crippen molar-refractivity contribution in [2.75, 3.05) is 25.0 Å². The Kier molecular flexibility index (Phi) is 2.74. The Labute approximate surface area is 107 Å². The van der Waals surface area contributed by atoms with Crippen LogP contribution in [0.4, 0.5) is 5.82 Å². The molecule has 1 saturated heterocycles. The number of para-hydroxylation sites is 1. The van der Waals surface area contributed by atoms with Crippen LogP contribution in [0.1, 0.15) is 19.8 Å². The van der Waals surface area contributed by atoms with Gasteiger partial charge in [0.15, 0.2) is 11.4 Å². The van der Waals surface area contributed by atoms with E-state index in [4.69, 9.17) is 4.52 Å². The molecular formula is C14H19N3O. The van der Waals surface area contributed by atoms with Gasteiger partial charge in [0.2, 0.25) is 0 Å². The Morgan fingerprint density at radius 1 is 1.28 bits per heavy atom. The Balaban J connectivity index is 1.85. The number of benzene rings is 1.